The number of methoxy groups -OCH3 is 2. The fourth-order valence-electron chi connectivity index (χ4n) is 2.91. The van der Waals surface area contributed by atoms with Crippen molar-refractivity contribution in [3.8, 4) is 11.5 Å². The first kappa shape index (κ1) is 20.3. The molecule has 146 valence electrons. The summed E-state index contributed by atoms with van der Waals surface area (Å²) in [6, 6.07) is 4.54. The van der Waals surface area contributed by atoms with Crippen molar-refractivity contribution in [3.63, 3.8) is 0 Å². The van der Waals surface area contributed by atoms with Crippen LogP contribution in [0.15, 0.2) is 24.3 Å². The first-order valence-electron chi connectivity index (χ1n) is 8.62. The van der Waals surface area contributed by atoms with Crippen LogP contribution in [0, 0.1) is 0 Å². The second kappa shape index (κ2) is 9.61. The number of carbonyl (C=O) groups is 3. The molecule has 1 saturated heterocycles. The summed E-state index contributed by atoms with van der Waals surface area (Å²) in [6.07, 6.45) is 4.93. The van der Waals surface area contributed by atoms with Gasteiger partial charge in [-0.25, -0.2) is 4.79 Å². The minimum atomic E-state index is -0.661. The molecule has 8 heteroatoms. The lowest BCUT2D eigenvalue weighted by Gasteiger charge is -2.33. The molecule has 27 heavy (non-hydrogen) atoms. The Bertz CT molecular complexity index is 731. The highest BCUT2D eigenvalue weighted by Crippen LogP contribution is 2.28. The van der Waals surface area contributed by atoms with Crippen molar-refractivity contribution >= 4 is 23.9 Å². The quantitative estimate of drug-likeness (QED) is 0.564. The maximum atomic E-state index is 12.2. The number of nitrogens with two attached hydrogens (primary N) is 1. The zero-order valence-corrected chi connectivity index (χ0v) is 15.5. The SMILES string of the molecule is COc1ccc(/C=C/C(=O)OCC(=O)N2CCCC[C@H]2C(N)=O)cc1OC. The van der Waals surface area contributed by atoms with Gasteiger partial charge in [0, 0.05) is 12.6 Å². The molecule has 2 N–H and O–H groups in total. The van der Waals surface area contributed by atoms with Gasteiger partial charge in [0.05, 0.1) is 14.2 Å². The Hall–Kier alpha value is -3.03. The van der Waals surface area contributed by atoms with E-state index in [0.29, 0.717) is 30.0 Å². The van der Waals surface area contributed by atoms with Crippen molar-refractivity contribution in [2.24, 2.45) is 5.73 Å². The molecule has 0 aliphatic carbocycles. The number of piperidine rings is 1. The molecule has 1 aliphatic rings. The minimum absolute atomic E-state index is 0.425. The van der Waals surface area contributed by atoms with Gasteiger partial charge in [0.2, 0.25) is 5.91 Å². The highest BCUT2D eigenvalue weighted by Gasteiger charge is 2.30. The maximum absolute atomic E-state index is 12.2. The van der Waals surface area contributed by atoms with Gasteiger partial charge in [0.25, 0.3) is 5.91 Å². The van der Waals surface area contributed by atoms with E-state index >= 15 is 0 Å². The normalized spacial score (nSPS) is 16.8. The number of likely N-dealkylation sites (tertiary alicyclic amines) is 1. The van der Waals surface area contributed by atoms with Gasteiger partial charge in [0.15, 0.2) is 18.1 Å². The molecular formula is C19H24N2O6. The lowest BCUT2D eigenvalue weighted by Crippen LogP contribution is -2.51. The van der Waals surface area contributed by atoms with Gasteiger partial charge >= 0.3 is 5.97 Å². The zero-order chi connectivity index (χ0) is 19.8. The predicted octanol–water partition coefficient (Wildman–Crippen LogP) is 1.13. The molecular weight excluding hydrogens is 352 g/mol. The summed E-state index contributed by atoms with van der Waals surface area (Å²) >= 11 is 0. The number of ether oxygens (including phenoxy) is 3. The van der Waals surface area contributed by atoms with E-state index in [1.54, 1.807) is 24.3 Å². The summed E-state index contributed by atoms with van der Waals surface area (Å²) < 4.78 is 15.3. The van der Waals surface area contributed by atoms with Crippen LogP contribution in [0.1, 0.15) is 24.8 Å². The number of hydrogen-bond donors (Lipinski definition) is 1. The van der Waals surface area contributed by atoms with Crippen LogP contribution < -0.4 is 15.2 Å². The number of carbonyl (C=O) groups excluding carboxylic acids is 3. The number of esters is 1. The number of rotatable bonds is 7. The fourth-order valence-corrected chi connectivity index (χ4v) is 2.91. The van der Waals surface area contributed by atoms with E-state index < -0.39 is 30.4 Å². The van der Waals surface area contributed by atoms with Crippen LogP contribution in [0.3, 0.4) is 0 Å². The van der Waals surface area contributed by atoms with E-state index in [2.05, 4.69) is 0 Å². The summed E-state index contributed by atoms with van der Waals surface area (Å²) in [5.74, 6) is -0.515. The van der Waals surface area contributed by atoms with Crippen LogP contribution in [-0.4, -0.2) is 56.1 Å². The topological polar surface area (TPSA) is 108 Å². The summed E-state index contributed by atoms with van der Waals surface area (Å²) in [4.78, 5) is 36.9. The fraction of sp³-hybridized carbons (Fsp3) is 0.421. The maximum Gasteiger partial charge on any atom is 0.331 e. The van der Waals surface area contributed by atoms with E-state index in [-0.39, 0.29) is 0 Å². The molecule has 0 spiro atoms. The Morgan fingerprint density at radius 2 is 1.93 bits per heavy atom. The third-order valence-electron chi connectivity index (χ3n) is 4.31. The first-order valence-corrected chi connectivity index (χ1v) is 8.62. The van der Waals surface area contributed by atoms with Crippen molar-refractivity contribution in [1.29, 1.82) is 0 Å². The molecule has 1 fully saturated rings. The first-order chi connectivity index (χ1) is 13.0. The van der Waals surface area contributed by atoms with Crippen LogP contribution in [0.25, 0.3) is 6.08 Å². The summed E-state index contributed by atoms with van der Waals surface area (Å²) in [7, 11) is 3.05. The van der Waals surface area contributed by atoms with Gasteiger partial charge < -0.3 is 24.8 Å². The number of primary amides is 1. The number of benzene rings is 1. The molecule has 0 bridgehead atoms. The molecule has 1 heterocycles. The smallest absolute Gasteiger partial charge is 0.331 e. The molecule has 1 aromatic carbocycles. The zero-order valence-electron chi connectivity index (χ0n) is 15.5. The van der Waals surface area contributed by atoms with Crippen LogP contribution in [0.5, 0.6) is 11.5 Å². The lowest BCUT2D eigenvalue weighted by molar-refractivity contribution is -0.151. The second-order valence-corrected chi connectivity index (χ2v) is 6.06. The molecule has 0 radical (unpaired) electrons. The van der Waals surface area contributed by atoms with Crippen LogP contribution in [-0.2, 0) is 19.1 Å². The van der Waals surface area contributed by atoms with E-state index in [0.717, 1.165) is 12.8 Å². The largest absolute Gasteiger partial charge is 0.493 e. The van der Waals surface area contributed by atoms with Crippen molar-refractivity contribution < 1.29 is 28.6 Å². The predicted molar refractivity (Wildman–Crippen MR) is 98.1 cm³/mol. The van der Waals surface area contributed by atoms with Gasteiger partial charge in [-0.15, -0.1) is 0 Å². The van der Waals surface area contributed by atoms with E-state index in [1.165, 1.54) is 25.2 Å². The third kappa shape index (κ3) is 5.47. The number of amides is 2. The average Bonchev–Trinajstić information content (AvgIpc) is 2.69. The van der Waals surface area contributed by atoms with Gasteiger partial charge in [-0.1, -0.05) is 6.07 Å². The van der Waals surface area contributed by atoms with Crippen LogP contribution in [0.4, 0.5) is 0 Å². The molecule has 2 rings (SSSR count). The third-order valence-corrected chi connectivity index (χ3v) is 4.31. The number of hydrogen-bond acceptors (Lipinski definition) is 6. The molecule has 0 saturated carbocycles. The summed E-state index contributed by atoms with van der Waals surface area (Å²) in [5, 5.41) is 0. The Balaban J connectivity index is 1.91. The van der Waals surface area contributed by atoms with E-state index in [1.807, 2.05) is 0 Å². The Morgan fingerprint density at radius 1 is 1.19 bits per heavy atom. The molecule has 0 aromatic heterocycles. The van der Waals surface area contributed by atoms with E-state index in [4.69, 9.17) is 19.9 Å². The van der Waals surface area contributed by atoms with Gasteiger partial charge in [0.1, 0.15) is 6.04 Å². The van der Waals surface area contributed by atoms with Crippen LogP contribution in [0.2, 0.25) is 0 Å². The minimum Gasteiger partial charge on any atom is -0.493 e. The van der Waals surface area contributed by atoms with Crippen LogP contribution >= 0.6 is 0 Å². The van der Waals surface area contributed by atoms with Crippen molar-refractivity contribution in [3.05, 3.63) is 29.8 Å². The molecule has 8 nitrogen and oxygen atoms in total. The van der Waals surface area contributed by atoms with Crippen molar-refractivity contribution in [1.82, 2.24) is 4.90 Å². The molecule has 1 aliphatic heterocycles. The monoisotopic (exact) mass is 376 g/mol. The number of nitrogens with zero attached hydrogens (tertiary/aromatic N) is 1. The average molecular weight is 376 g/mol. The summed E-state index contributed by atoms with van der Waals surface area (Å²) in [5.41, 5.74) is 6.05. The second-order valence-electron chi connectivity index (χ2n) is 6.06. The Labute approximate surface area is 157 Å². The molecule has 0 unspecified atom stereocenters. The highest BCUT2D eigenvalue weighted by molar-refractivity contribution is 5.91. The lowest BCUT2D eigenvalue weighted by atomic mass is 10.0. The molecule has 2 amide bonds. The van der Waals surface area contributed by atoms with Gasteiger partial charge in [-0.3, -0.25) is 9.59 Å². The Morgan fingerprint density at radius 3 is 2.59 bits per heavy atom. The molecule has 1 aromatic rings. The highest BCUT2D eigenvalue weighted by atomic mass is 16.5. The van der Waals surface area contributed by atoms with Crippen molar-refractivity contribution in [2.45, 2.75) is 25.3 Å². The summed E-state index contributed by atoms with van der Waals surface area (Å²) in [6.45, 7) is 0.00433. The Kier molecular flexibility index (Phi) is 7.22. The van der Waals surface area contributed by atoms with Crippen molar-refractivity contribution in [2.75, 3.05) is 27.4 Å². The van der Waals surface area contributed by atoms with Gasteiger partial charge in [-0.05, 0) is 43.0 Å². The van der Waals surface area contributed by atoms with Gasteiger partial charge in [-0.2, -0.15) is 0 Å². The molecule has 1 atom stereocenters. The van der Waals surface area contributed by atoms with E-state index in [9.17, 15) is 14.4 Å². The standard InChI is InChI=1S/C19H24N2O6/c1-25-15-8-6-13(11-16(15)26-2)7-9-18(23)27-12-17(22)21-10-4-3-5-14(21)19(20)24/h6-9,11,14H,3-5,10,12H2,1-2H3,(H2,20,24)/b9-7+/t14-/m0/s1.